The molecule has 1 unspecified atom stereocenters. The normalized spacial score (nSPS) is 14.5. The molecule has 1 atom stereocenters. The lowest BCUT2D eigenvalue weighted by molar-refractivity contribution is -0.360. The molecule has 12 heteroatoms. The number of hydrogen-bond donors (Lipinski definition) is 3. The highest BCUT2D eigenvalue weighted by molar-refractivity contribution is 5.60. The second kappa shape index (κ2) is 18.0. The largest absolute Gasteiger partial charge is 0.499 e. The van der Waals surface area contributed by atoms with Gasteiger partial charge in [0.25, 0.3) is 0 Å². The quantitative estimate of drug-likeness (QED) is 0.0771. The molecule has 0 saturated carbocycles. The molecule has 1 aliphatic rings. The minimum Gasteiger partial charge on any atom is -0.426 e. The van der Waals surface area contributed by atoms with Gasteiger partial charge in [0.1, 0.15) is 12.1 Å². The van der Waals surface area contributed by atoms with Crippen molar-refractivity contribution < 1.29 is 26.7 Å². The molecule has 4 rings (SSSR count). The van der Waals surface area contributed by atoms with Gasteiger partial charge in [-0.05, 0) is 85.1 Å². The van der Waals surface area contributed by atoms with Crippen molar-refractivity contribution in [3.63, 3.8) is 0 Å². The van der Waals surface area contributed by atoms with Gasteiger partial charge in [0.05, 0.1) is 12.4 Å². The van der Waals surface area contributed by atoms with Crippen LogP contribution in [0.2, 0.25) is 0 Å². The summed E-state index contributed by atoms with van der Waals surface area (Å²) in [7, 11) is 0. The van der Waals surface area contributed by atoms with Crippen molar-refractivity contribution in [2.75, 3.05) is 12.0 Å². The van der Waals surface area contributed by atoms with E-state index in [1.807, 2.05) is 13.8 Å². The van der Waals surface area contributed by atoms with Gasteiger partial charge in [-0.3, -0.25) is 5.84 Å². The maximum absolute atomic E-state index is 12.9. The fourth-order valence-corrected chi connectivity index (χ4v) is 4.05. The van der Waals surface area contributed by atoms with Gasteiger partial charge in [-0.25, -0.2) is 15.1 Å². The molecule has 0 fully saturated rings. The van der Waals surface area contributed by atoms with Crippen molar-refractivity contribution in [2.24, 2.45) is 11.8 Å². The third-order valence-electron chi connectivity index (χ3n) is 6.34. The summed E-state index contributed by atoms with van der Waals surface area (Å²) < 4.78 is 67.5. The van der Waals surface area contributed by atoms with Gasteiger partial charge < -0.3 is 10.1 Å². The minimum atomic E-state index is -5.78. The fraction of sp³-hybridized carbons (Fsp3) is 0.438. The fourth-order valence-electron chi connectivity index (χ4n) is 4.05. The van der Waals surface area contributed by atoms with E-state index in [0.29, 0.717) is 30.0 Å². The summed E-state index contributed by atoms with van der Waals surface area (Å²) in [5, 5.41) is 7.59. The predicted molar refractivity (Wildman–Crippen MR) is 166 cm³/mol. The zero-order valence-corrected chi connectivity index (χ0v) is 26.1. The second-order valence-electron chi connectivity index (χ2n) is 10.0. The number of terminal acetylenes is 1. The number of nitrogens with two attached hydrogens (primary N) is 1. The van der Waals surface area contributed by atoms with Gasteiger partial charge >= 0.3 is 12.3 Å². The predicted octanol–water partition coefficient (Wildman–Crippen LogP) is 8.23. The molecule has 3 aromatic rings. The van der Waals surface area contributed by atoms with E-state index in [9.17, 15) is 22.0 Å². The van der Waals surface area contributed by atoms with Crippen LogP contribution in [0.5, 0.6) is 5.75 Å². The molecule has 2 aromatic carbocycles. The lowest BCUT2D eigenvalue weighted by atomic mass is 9.91. The van der Waals surface area contributed by atoms with Crippen LogP contribution in [0.4, 0.5) is 27.6 Å². The molecule has 242 valence electrons. The molecule has 1 aliphatic carbocycles. The summed E-state index contributed by atoms with van der Waals surface area (Å²) in [6.07, 6.45) is 3.43. The number of hydrogen-bond acceptors (Lipinski definition) is 6. The van der Waals surface area contributed by atoms with Crippen LogP contribution in [-0.4, -0.2) is 33.7 Å². The first-order valence-corrected chi connectivity index (χ1v) is 14.3. The Morgan fingerprint density at radius 1 is 1.07 bits per heavy atom. The molecule has 0 saturated heterocycles. The number of nitrogens with zero attached hydrogens (tertiary/aromatic N) is 3. The van der Waals surface area contributed by atoms with Gasteiger partial charge in [0.15, 0.2) is 5.82 Å². The first-order valence-electron chi connectivity index (χ1n) is 14.3. The van der Waals surface area contributed by atoms with Crippen LogP contribution in [0.25, 0.3) is 11.3 Å². The van der Waals surface area contributed by atoms with Gasteiger partial charge in [-0.2, -0.15) is 22.0 Å². The number of nitrogens with one attached hydrogen (secondary N) is 2. The van der Waals surface area contributed by atoms with E-state index in [0.717, 1.165) is 42.7 Å². The molecular formula is C32H43F5N6O. The van der Waals surface area contributed by atoms with Crippen molar-refractivity contribution in [3.05, 3.63) is 71.8 Å². The topological polar surface area (TPSA) is 90.0 Å². The van der Waals surface area contributed by atoms with Crippen molar-refractivity contribution in [2.45, 2.75) is 79.0 Å². The van der Waals surface area contributed by atoms with Gasteiger partial charge in [-0.15, -0.1) is 17.9 Å². The molecular weight excluding hydrogens is 579 g/mol. The average Bonchev–Trinajstić information content (AvgIpc) is 3.49. The Morgan fingerprint density at radius 2 is 1.70 bits per heavy atom. The maximum atomic E-state index is 12.9. The van der Waals surface area contributed by atoms with E-state index in [4.69, 9.17) is 5.84 Å². The maximum Gasteiger partial charge on any atom is 0.499 e. The summed E-state index contributed by atoms with van der Waals surface area (Å²) in [5.41, 5.74) is 7.86. The summed E-state index contributed by atoms with van der Waals surface area (Å²) >= 11 is 0. The van der Waals surface area contributed by atoms with Crippen molar-refractivity contribution >= 4 is 11.3 Å². The van der Waals surface area contributed by atoms with Crippen LogP contribution >= 0.6 is 0 Å². The van der Waals surface area contributed by atoms with Crippen LogP contribution in [0.1, 0.15) is 76.8 Å². The smallest absolute Gasteiger partial charge is 0.426 e. The summed E-state index contributed by atoms with van der Waals surface area (Å²) in [6, 6.07) is 11.2. The van der Waals surface area contributed by atoms with Crippen molar-refractivity contribution in [3.8, 4) is 24.3 Å². The average molecular weight is 623 g/mol. The third kappa shape index (κ3) is 11.3. The number of benzene rings is 2. The lowest BCUT2D eigenvalue weighted by Crippen LogP contribution is -2.41. The Balaban J connectivity index is 0.000000455. The Hall–Kier alpha value is -3.95. The number of aryl methyl sites for hydroxylation is 1. The molecule has 1 heterocycles. The molecule has 0 radical (unpaired) electrons. The summed E-state index contributed by atoms with van der Waals surface area (Å²) in [6.45, 7) is 13.2. The molecule has 7 nitrogen and oxygen atoms in total. The summed E-state index contributed by atoms with van der Waals surface area (Å²) in [5.74, 6) is 6.37. The SMILES string of the molecule is C#C.CC.CC1CC=C(c2ncn(-c3ccc(OC(F)(F)C(F)(F)F)cc3)n2)CC1.Cc1ccc(C(C)C)c(NCNN)c1. The lowest BCUT2D eigenvalue weighted by Gasteiger charge is -2.20. The van der Waals surface area contributed by atoms with E-state index >= 15 is 0 Å². The number of anilines is 1. The number of hydrazine groups is 1. The minimum absolute atomic E-state index is 0.469. The van der Waals surface area contributed by atoms with E-state index in [2.05, 4.69) is 90.4 Å². The standard InChI is InChI=1S/C17H16F5N3O.C11H19N3.C2H6.C2H2/c1-11-2-4-12(5-3-11)15-23-10-25(24-15)13-6-8-14(9-7-13)26-17(21,22)16(18,19)20;1-8(2)10-5-4-9(3)6-11(10)13-7-14-12;2*1-2/h4,6-11H,2-3,5H2,1H3;4-6,8,13-14H,7,12H2,1-3H3;1-2H3;1-2H. The van der Waals surface area contributed by atoms with E-state index in [-0.39, 0.29) is 0 Å². The Kier molecular flexibility index (Phi) is 15.6. The number of aromatic nitrogens is 3. The number of rotatable bonds is 8. The second-order valence-corrected chi connectivity index (χ2v) is 10.0. The van der Waals surface area contributed by atoms with Gasteiger partial charge in [0.2, 0.25) is 0 Å². The van der Waals surface area contributed by atoms with Crippen LogP contribution in [-0.2, 0) is 0 Å². The molecule has 0 bridgehead atoms. The Morgan fingerprint density at radius 3 is 2.23 bits per heavy atom. The third-order valence-corrected chi connectivity index (χ3v) is 6.34. The summed E-state index contributed by atoms with van der Waals surface area (Å²) in [4.78, 5) is 4.24. The number of alkyl halides is 5. The highest BCUT2D eigenvalue weighted by Crippen LogP contribution is 2.37. The number of halogens is 5. The van der Waals surface area contributed by atoms with Crippen molar-refractivity contribution in [1.29, 1.82) is 0 Å². The van der Waals surface area contributed by atoms with Gasteiger partial charge in [0, 0.05) is 5.69 Å². The van der Waals surface area contributed by atoms with Gasteiger partial charge in [-0.1, -0.05) is 52.8 Å². The van der Waals surface area contributed by atoms with E-state index in [1.165, 1.54) is 34.3 Å². The van der Waals surface area contributed by atoms with Crippen LogP contribution in [0, 0.1) is 25.7 Å². The molecule has 0 aliphatic heterocycles. The zero-order chi connectivity index (χ0) is 33.5. The first-order chi connectivity index (χ1) is 20.8. The van der Waals surface area contributed by atoms with E-state index < -0.39 is 18.0 Å². The highest BCUT2D eigenvalue weighted by Gasteiger charge is 2.61. The van der Waals surface area contributed by atoms with Crippen molar-refractivity contribution in [1.82, 2.24) is 20.2 Å². The molecule has 0 spiro atoms. The molecule has 1 aromatic heterocycles. The highest BCUT2D eigenvalue weighted by atomic mass is 19.4. The van der Waals surface area contributed by atoms with Crippen LogP contribution in [0.15, 0.2) is 54.9 Å². The van der Waals surface area contributed by atoms with Crippen LogP contribution < -0.4 is 21.3 Å². The Bertz CT molecular complexity index is 1320. The Labute approximate surface area is 257 Å². The number of allylic oxidation sites excluding steroid dienone is 2. The zero-order valence-electron chi connectivity index (χ0n) is 26.1. The first kappa shape index (κ1) is 38.1. The number of ether oxygens (including phenoxy) is 1. The molecule has 4 N–H and O–H groups in total. The van der Waals surface area contributed by atoms with Crippen LogP contribution in [0.3, 0.4) is 0 Å². The monoisotopic (exact) mass is 622 g/mol. The molecule has 44 heavy (non-hydrogen) atoms. The molecule has 0 amide bonds. The van der Waals surface area contributed by atoms with E-state index in [1.54, 1.807) is 0 Å².